The molecule has 1 aliphatic carbocycles. The molecule has 0 aromatic heterocycles. The van der Waals surface area contributed by atoms with E-state index >= 15 is 0 Å². The summed E-state index contributed by atoms with van der Waals surface area (Å²) < 4.78 is 0. The molecule has 1 unspecified atom stereocenters. The molecule has 2 aliphatic rings. The van der Waals surface area contributed by atoms with E-state index in [0.717, 1.165) is 11.4 Å². The zero-order chi connectivity index (χ0) is 20.3. The zero-order valence-corrected chi connectivity index (χ0v) is 17.4. The first-order valence-electron chi connectivity index (χ1n) is 10.2. The third-order valence-corrected chi connectivity index (χ3v) is 6.39. The third kappa shape index (κ3) is 2.52. The van der Waals surface area contributed by atoms with Crippen molar-refractivity contribution in [3.05, 3.63) is 106 Å². The molecule has 5 rings (SSSR count). The molecular formula is C27H25NO. The second kappa shape index (κ2) is 6.18. The molecule has 1 heterocycles. The van der Waals surface area contributed by atoms with Crippen molar-refractivity contribution in [2.45, 2.75) is 33.6 Å². The number of aryl methyl sites for hydroxylation is 2. The Hall–Kier alpha value is -3.13. The topological polar surface area (TPSA) is 20.3 Å². The third-order valence-electron chi connectivity index (χ3n) is 6.39. The van der Waals surface area contributed by atoms with Crippen LogP contribution in [0.3, 0.4) is 0 Å². The van der Waals surface area contributed by atoms with Gasteiger partial charge in [0.1, 0.15) is 0 Å². The summed E-state index contributed by atoms with van der Waals surface area (Å²) in [5.41, 5.74) is 8.93. The van der Waals surface area contributed by atoms with E-state index in [-0.39, 0.29) is 11.8 Å². The van der Waals surface area contributed by atoms with E-state index in [1.165, 1.54) is 33.4 Å². The van der Waals surface area contributed by atoms with Crippen molar-refractivity contribution in [2.24, 2.45) is 5.41 Å². The molecule has 1 aliphatic heterocycles. The van der Waals surface area contributed by atoms with Gasteiger partial charge < -0.3 is 0 Å². The van der Waals surface area contributed by atoms with Crippen LogP contribution in [0, 0.1) is 19.3 Å². The number of carbonyl (C=O) groups is 1. The Labute approximate surface area is 172 Å². The van der Waals surface area contributed by atoms with E-state index < -0.39 is 5.41 Å². The molecule has 3 aromatic rings. The van der Waals surface area contributed by atoms with Crippen molar-refractivity contribution in [3.63, 3.8) is 0 Å². The van der Waals surface area contributed by atoms with Crippen LogP contribution in [0.4, 0.5) is 5.69 Å². The summed E-state index contributed by atoms with van der Waals surface area (Å²) >= 11 is 0. The Bertz CT molecular complexity index is 1150. The van der Waals surface area contributed by atoms with Crippen molar-refractivity contribution in [1.29, 1.82) is 0 Å². The summed E-state index contributed by atoms with van der Waals surface area (Å²) in [5.74, 6) is 0.224. The lowest BCUT2D eigenvalue weighted by Crippen LogP contribution is -2.32. The number of benzene rings is 3. The predicted molar refractivity (Wildman–Crippen MR) is 119 cm³/mol. The number of allylic oxidation sites excluding steroid dienone is 1. The molecule has 0 saturated carbocycles. The summed E-state index contributed by atoms with van der Waals surface area (Å²) in [6, 6.07) is 25.4. The number of carbonyl (C=O) groups excluding carboxylic acids is 1. The van der Waals surface area contributed by atoms with Crippen LogP contribution < -0.4 is 4.90 Å². The largest absolute Gasteiger partial charge is 0.283 e. The van der Waals surface area contributed by atoms with E-state index in [1.807, 2.05) is 35.2 Å². The van der Waals surface area contributed by atoms with Crippen molar-refractivity contribution >= 4 is 17.2 Å². The van der Waals surface area contributed by atoms with Gasteiger partial charge in [-0.3, -0.25) is 9.69 Å². The molecule has 0 radical (unpaired) electrons. The molecule has 144 valence electrons. The van der Waals surface area contributed by atoms with Gasteiger partial charge in [0.15, 0.2) is 0 Å². The lowest BCUT2D eigenvalue weighted by atomic mass is 9.77. The fraction of sp³-hybridized carbons (Fsp3) is 0.222. The van der Waals surface area contributed by atoms with Gasteiger partial charge in [-0.25, -0.2) is 0 Å². The van der Waals surface area contributed by atoms with Gasteiger partial charge in [-0.2, -0.15) is 0 Å². The highest BCUT2D eigenvalue weighted by molar-refractivity contribution is 6.10. The average Bonchev–Trinajstić information content (AvgIpc) is 3.13. The first kappa shape index (κ1) is 17.9. The summed E-state index contributed by atoms with van der Waals surface area (Å²) in [6.45, 7) is 8.42. The van der Waals surface area contributed by atoms with Gasteiger partial charge in [0, 0.05) is 22.9 Å². The molecule has 29 heavy (non-hydrogen) atoms. The van der Waals surface area contributed by atoms with Gasteiger partial charge in [-0.1, -0.05) is 85.6 Å². The van der Waals surface area contributed by atoms with E-state index in [4.69, 9.17) is 0 Å². The van der Waals surface area contributed by atoms with E-state index in [0.29, 0.717) is 0 Å². The van der Waals surface area contributed by atoms with Crippen LogP contribution in [0.5, 0.6) is 0 Å². The number of fused-ring (bicyclic) bond motifs is 3. The molecule has 1 saturated heterocycles. The average molecular weight is 380 g/mol. The standard InChI is InChI=1S/C27H25NO/c1-17-10-13-19(14-11-17)23-22-16-18(2)12-15-21(22)24-25(23)28(26(29)27(24,3)4)20-8-6-5-7-9-20/h5-16,24H,1-4H3. The molecule has 2 nitrogen and oxygen atoms in total. The van der Waals surface area contributed by atoms with Crippen molar-refractivity contribution in [1.82, 2.24) is 0 Å². The molecule has 1 atom stereocenters. The predicted octanol–water partition coefficient (Wildman–Crippen LogP) is 6.23. The first-order valence-corrected chi connectivity index (χ1v) is 10.2. The number of nitrogens with zero attached hydrogens (tertiary/aromatic N) is 1. The van der Waals surface area contributed by atoms with Crippen LogP contribution in [0.1, 0.15) is 47.6 Å². The van der Waals surface area contributed by atoms with Crippen molar-refractivity contribution in [2.75, 3.05) is 4.90 Å². The second-order valence-corrected chi connectivity index (χ2v) is 8.85. The molecule has 0 N–H and O–H groups in total. The normalized spacial score (nSPS) is 19.5. The van der Waals surface area contributed by atoms with Gasteiger partial charge in [-0.15, -0.1) is 0 Å². The Morgan fingerprint density at radius 2 is 1.48 bits per heavy atom. The number of amides is 1. The lowest BCUT2D eigenvalue weighted by molar-refractivity contribution is -0.124. The van der Waals surface area contributed by atoms with Gasteiger partial charge >= 0.3 is 0 Å². The Balaban J connectivity index is 1.85. The summed E-state index contributed by atoms with van der Waals surface area (Å²) in [7, 11) is 0. The van der Waals surface area contributed by atoms with Crippen LogP contribution in [0.2, 0.25) is 0 Å². The summed E-state index contributed by atoms with van der Waals surface area (Å²) in [6.07, 6.45) is 0. The van der Waals surface area contributed by atoms with Gasteiger partial charge in [-0.05, 0) is 42.7 Å². The fourth-order valence-corrected chi connectivity index (χ4v) is 4.92. The maximum absolute atomic E-state index is 13.6. The fourth-order valence-electron chi connectivity index (χ4n) is 4.92. The number of anilines is 1. The van der Waals surface area contributed by atoms with Gasteiger partial charge in [0.05, 0.1) is 5.41 Å². The van der Waals surface area contributed by atoms with Crippen molar-refractivity contribution < 1.29 is 4.79 Å². The molecule has 3 aromatic carbocycles. The van der Waals surface area contributed by atoms with Crippen LogP contribution in [-0.2, 0) is 4.79 Å². The molecule has 0 spiro atoms. The minimum Gasteiger partial charge on any atom is -0.283 e. The number of hydrogen-bond acceptors (Lipinski definition) is 1. The number of rotatable bonds is 2. The van der Waals surface area contributed by atoms with E-state index in [2.05, 4.69) is 70.2 Å². The molecule has 0 bridgehead atoms. The summed E-state index contributed by atoms with van der Waals surface area (Å²) in [4.78, 5) is 15.6. The van der Waals surface area contributed by atoms with Crippen molar-refractivity contribution in [3.8, 4) is 0 Å². The quantitative estimate of drug-likeness (QED) is 0.516. The number of hydrogen-bond donors (Lipinski definition) is 0. The maximum atomic E-state index is 13.6. The molecule has 1 amide bonds. The molecule has 2 heteroatoms. The zero-order valence-electron chi connectivity index (χ0n) is 17.4. The highest BCUT2D eigenvalue weighted by Crippen LogP contribution is 2.59. The Morgan fingerprint density at radius 1 is 0.828 bits per heavy atom. The van der Waals surface area contributed by atoms with Crippen LogP contribution in [0.25, 0.3) is 5.57 Å². The lowest BCUT2D eigenvalue weighted by Gasteiger charge is -2.24. The van der Waals surface area contributed by atoms with Gasteiger partial charge in [0.25, 0.3) is 0 Å². The monoisotopic (exact) mass is 379 g/mol. The maximum Gasteiger partial charge on any atom is 0.237 e. The Kier molecular flexibility index (Phi) is 3.82. The van der Waals surface area contributed by atoms with Crippen LogP contribution in [0.15, 0.2) is 78.5 Å². The van der Waals surface area contributed by atoms with E-state index in [1.54, 1.807) is 0 Å². The highest BCUT2D eigenvalue weighted by Gasteiger charge is 2.56. The molecule has 1 fully saturated rings. The minimum atomic E-state index is -0.498. The van der Waals surface area contributed by atoms with Crippen LogP contribution >= 0.6 is 0 Å². The SMILES string of the molecule is Cc1ccc(C2=C3C(c4ccc(C)cc42)C(C)(C)C(=O)N3c2ccccc2)cc1. The van der Waals surface area contributed by atoms with Crippen LogP contribution in [-0.4, -0.2) is 5.91 Å². The summed E-state index contributed by atoms with van der Waals surface area (Å²) in [5, 5.41) is 0. The van der Waals surface area contributed by atoms with E-state index in [9.17, 15) is 4.79 Å². The van der Waals surface area contributed by atoms with Gasteiger partial charge in [0.2, 0.25) is 5.91 Å². The number of para-hydroxylation sites is 1. The Morgan fingerprint density at radius 3 is 2.17 bits per heavy atom. The smallest absolute Gasteiger partial charge is 0.237 e. The minimum absolute atomic E-state index is 0.0575. The molecular weight excluding hydrogens is 354 g/mol. The highest BCUT2D eigenvalue weighted by atomic mass is 16.2. The second-order valence-electron chi connectivity index (χ2n) is 8.85. The first-order chi connectivity index (χ1) is 13.9.